The first-order chi connectivity index (χ1) is 5.66. The standard InChI is InChI=1S/C8H9BrClNO/c9-5-2-1-3-6(10)8(5)7(12)4-11/h1-3,7,12H,4,11H2/t7-/m0/s1. The van der Waals surface area contributed by atoms with Crippen molar-refractivity contribution in [1.82, 2.24) is 0 Å². The second-order valence-corrected chi connectivity index (χ2v) is 3.65. The van der Waals surface area contributed by atoms with E-state index in [4.69, 9.17) is 17.3 Å². The Morgan fingerprint density at radius 1 is 1.58 bits per heavy atom. The second-order valence-electron chi connectivity index (χ2n) is 2.39. The number of halogens is 2. The Hall–Kier alpha value is -0.0900. The summed E-state index contributed by atoms with van der Waals surface area (Å²) in [5, 5.41) is 9.98. The summed E-state index contributed by atoms with van der Waals surface area (Å²) in [5.41, 5.74) is 5.97. The number of aliphatic hydroxyl groups excluding tert-OH is 1. The van der Waals surface area contributed by atoms with E-state index >= 15 is 0 Å². The Labute approximate surface area is 84.5 Å². The normalized spacial score (nSPS) is 13.0. The molecule has 1 rings (SSSR count). The average Bonchev–Trinajstić information content (AvgIpc) is 2.03. The number of nitrogens with two attached hydrogens (primary N) is 1. The van der Waals surface area contributed by atoms with Crippen molar-refractivity contribution in [2.24, 2.45) is 5.73 Å². The van der Waals surface area contributed by atoms with Crippen LogP contribution in [0, 0.1) is 0 Å². The Morgan fingerprint density at radius 2 is 2.25 bits per heavy atom. The highest BCUT2D eigenvalue weighted by atomic mass is 79.9. The van der Waals surface area contributed by atoms with Crippen molar-refractivity contribution >= 4 is 27.5 Å². The molecule has 0 aromatic heterocycles. The number of hydrogen-bond donors (Lipinski definition) is 2. The summed E-state index contributed by atoms with van der Waals surface area (Å²) in [5.74, 6) is 0. The summed E-state index contributed by atoms with van der Waals surface area (Å²) < 4.78 is 0.785. The third-order valence-corrected chi connectivity index (χ3v) is 2.58. The van der Waals surface area contributed by atoms with Gasteiger partial charge in [-0.3, -0.25) is 0 Å². The minimum atomic E-state index is -0.701. The van der Waals surface area contributed by atoms with Crippen molar-refractivity contribution in [2.45, 2.75) is 6.10 Å². The zero-order valence-electron chi connectivity index (χ0n) is 6.30. The summed E-state index contributed by atoms with van der Waals surface area (Å²) in [6.45, 7) is 0.169. The van der Waals surface area contributed by atoms with Gasteiger partial charge in [0.2, 0.25) is 0 Å². The fourth-order valence-electron chi connectivity index (χ4n) is 0.947. The van der Waals surface area contributed by atoms with Crippen molar-refractivity contribution in [1.29, 1.82) is 0 Å². The molecule has 0 aliphatic rings. The van der Waals surface area contributed by atoms with Gasteiger partial charge in [-0.1, -0.05) is 33.6 Å². The monoisotopic (exact) mass is 249 g/mol. The molecule has 1 atom stereocenters. The topological polar surface area (TPSA) is 46.2 Å². The van der Waals surface area contributed by atoms with Crippen LogP contribution in [0.3, 0.4) is 0 Å². The van der Waals surface area contributed by atoms with E-state index in [-0.39, 0.29) is 6.54 Å². The molecule has 0 saturated heterocycles. The molecule has 0 fully saturated rings. The smallest absolute Gasteiger partial charge is 0.0937 e. The molecule has 1 aromatic carbocycles. The van der Waals surface area contributed by atoms with Crippen LogP contribution in [0.2, 0.25) is 5.02 Å². The van der Waals surface area contributed by atoms with Gasteiger partial charge in [0.15, 0.2) is 0 Å². The van der Waals surface area contributed by atoms with Gasteiger partial charge in [0.25, 0.3) is 0 Å². The Morgan fingerprint density at radius 3 is 2.75 bits per heavy atom. The van der Waals surface area contributed by atoms with Crippen LogP contribution in [0.5, 0.6) is 0 Å². The fraction of sp³-hybridized carbons (Fsp3) is 0.250. The van der Waals surface area contributed by atoms with Crippen LogP contribution in [-0.4, -0.2) is 11.7 Å². The molecule has 0 bridgehead atoms. The summed E-state index contributed by atoms with van der Waals surface area (Å²) >= 11 is 9.15. The van der Waals surface area contributed by atoms with Crippen LogP contribution in [0.15, 0.2) is 22.7 Å². The van der Waals surface area contributed by atoms with E-state index in [0.717, 1.165) is 4.47 Å². The molecule has 0 saturated carbocycles. The largest absolute Gasteiger partial charge is 0.387 e. The molecule has 66 valence electrons. The first-order valence-electron chi connectivity index (χ1n) is 3.49. The number of hydrogen-bond acceptors (Lipinski definition) is 2. The van der Waals surface area contributed by atoms with Crippen LogP contribution in [-0.2, 0) is 0 Å². The quantitative estimate of drug-likeness (QED) is 0.844. The van der Waals surface area contributed by atoms with Crippen LogP contribution in [0.4, 0.5) is 0 Å². The lowest BCUT2D eigenvalue weighted by Crippen LogP contribution is -2.12. The van der Waals surface area contributed by atoms with Gasteiger partial charge in [-0.2, -0.15) is 0 Å². The van der Waals surface area contributed by atoms with E-state index in [1.807, 2.05) is 6.07 Å². The van der Waals surface area contributed by atoms with Crippen molar-refractivity contribution in [3.63, 3.8) is 0 Å². The van der Waals surface area contributed by atoms with E-state index in [1.54, 1.807) is 12.1 Å². The molecule has 0 amide bonds. The highest BCUT2D eigenvalue weighted by molar-refractivity contribution is 9.10. The molecule has 12 heavy (non-hydrogen) atoms. The van der Waals surface area contributed by atoms with Crippen LogP contribution >= 0.6 is 27.5 Å². The molecule has 0 unspecified atom stereocenters. The number of aliphatic hydroxyl groups is 1. The lowest BCUT2D eigenvalue weighted by Gasteiger charge is -2.11. The van der Waals surface area contributed by atoms with Crippen LogP contribution < -0.4 is 5.73 Å². The van der Waals surface area contributed by atoms with Crippen molar-refractivity contribution in [3.05, 3.63) is 33.3 Å². The predicted octanol–water partition coefficient (Wildman–Crippen LogP) is 2.09. The molecule has 4 heteroatoms. The molecule has 0 aliphatic heterocycles. The molecule has 0 spiro atoms. The van der Waals surface area contributed by atoms with Crippen molar-refractivity contribution < 1.29 is 5.11 Å². The highest BCUT2D eigenvalue weighted by Gasteiger charge is 2.12. The average molecular weight is 251 g/mol. The Kier molecular flexibility index (Phi) is 3.53. The van der Waals surface area contributed by atoms with Gasteiger partial charge < -0.3 is 10.8 Å². The third kappa shape index (κ3) is 1.98. The Balaban J connectivity index is 3.12. The molecular weight excluding hydrogens is 241 g/mol. The summed E-state index contributed by atoms with van der Waals surface area (Å²) in [7, 11) is 0. The van der Waals surface area contributed by atoms with Crippen molar-refractivity contribution in [2.75, 3.05) is 6.54 Å². The zero-order chi connectivity index (χ0) is 9.14. The van der Waals surface area contributed by atoms with Crippen LogP contribution in [0.25, 0.3) is 0 Å². The fourth-order valence-corrected chi connectivity index (χ4v) is 1.99. The number of rotatable bonds is 2. The molecule has 0 radical (unpaired) electrons. The van der Waals surface area contributed by atoms with Crippen LogP contribution in [0.1, 0.15) is 11.7 Å². The first-order valence-corrected chi connectivity index (χ1v) is 4.66. The summed E-state index contributed by atoms with van der Waals surface area (Å²) in [4.78, 5) is 0. The second kappa shape index (κ2) is 4.23. The van der Waals surface area contributed by atoms with E-state index in [1.165, 1.54) is 0 Å². The van der Waals surface area contributed by atoms with Gasteiger partial charge in [-0.15, -0.1) is 0 Å². The lowest BCUT2D eigenvalue weighted by molar-refractivity contribution is 0.186. The maximum Gasteiger partial charge on any atom is 0.0937 e. The van der Waals surface area contributed by atoms with Gasteiger partial charge in [0.1, 0.15) is 0 Å². The summed E-state index contributed by atoms with van der Waals surface area (Å²) in [6, 6.07) is 5.35. The molecule has 2 nitrogen and oxygen atoms in total. The molecule has 3 N–H and O–H groups in total. The van der Waals surface area contributed by atoms with Gasteiger partial charge in [0, 0.05) is 21.6 Å². The molecule has 0 heterocycles. The molecule has 1 aromatic rings. The maximum absolute atomic E-state index is 9.45. The number of benzene rings is 1. The SMILES string of the molecule is NC[C@H](O)c1c(Cl)cccc1Br. The third-order valence-electron chi connectivity index (χ3n) is 1.56. The first kappa shape index (κ1) is 9.99. The van der Waals surface area contributed by atoms with Crippen molar-refractivity contribution in [3.8, 4) is 0 Å². The minimum absolute atomic E-state index is 0.169. The zero-order valence-corrected chi connectivity index (χ0v) is 8.64. The van der Waals surface area contributed by atoms with Gasteiger partial charge in [0.05, 0.1) is 6.10 Å². The predicted molar refractivity (Wildman–Crippen MR) is 53.2 cm³/mol. The molecular formula is C8H9BrClNO. The highest BCUT2D eigenvalue weighted by Crippen LogP contribution is 2.29. The lowest BCUT2D eigenvalue weighted by atomic mass is 10.1. The van der Waals surface area contributed by atoms with E-state index in [9.17, 15) is 5.11 Å². The van der Waals surface area contributed by atoms with Gasteiger partial charge >= 0.3 is 0 Å². The minimum Gasteiger partial charge on any atom is -0.387 e. The van der Waals surface area contributed by atoms with Gasteiger partial charge in [-0.25, -0.2) is 0 Å². The van der Waals surface area contributed by atoms with E-state index < -0.39 is 6.10 Å². The van der Waals surface area contributed by atoms with Gasteiger partial charge in [-0.05, 0) is 12.1 Å². The van der Waals surface area contributed by atoms with E-state index in [0.29, 0.717) is 10.6 Å². The summed E-state index contributed by atoms with van der Waals surface area (Å²) in [6.07, 6.45) is -0.701. The molecule has 0 aliphatic carbocycles. The van der Waals surface area contributed by atoms with E-state index in [2.05, 4.69) is 15.9 Å². The Bertz CT molecular complexity index is 260. The maximum atomic E-state index is 9.45.